The number of carbonyl (C=O) groups excluding carboxylic acids is 1. The highest BCUT2D eigenvalue weighted by molar-refractivity contribution is 5.88. The molecule has 42 heavy (non-hydrogen) atoms. The summed E-state index contributed by atoms with van der Waals surface area (Å²) in [6.45, 7) is 7.18. The minimum absolute atomic E-state index is 0.236. The Labute approximate surface area is 248 Å². The van der Waals surface area contributed by atoms with Crippen LogP contribution in [0.1, 0.15) is 106 Å². The summed E-state index contributed by atoms with van der Waals surface area (Å²) in [7, 11) is 1.63. The fourth-order valence-corrected chi connectivity index (χ4v) is 7.39. The Balaban J connectivity index is 1.44. The number of aromatic nitrogens is 2. The lowest BCUT2D eigenvalue weighted by atomic mass is 9.72. The van der Waals surface area contributed by atoms with Crippen molar-refractivity contribution < 1.29 is 24.2 Å². The van der Waals surface area contributed by atoms with E-state index < -0.39 is 29.6 Å². The SMILES string of the molecule is COc1ncc(C2CCC2)cc1CN[C@H]1[C@H](C(C)(C)C)[C@@H](C(=O)O)N(C(=O)[C@@H]2CCCO2)[C@H]1c1cccnc1C1CC1. The van der Waals surface area contributed by atoms with Crippen molar-refractivity contribution in [1.29, 1.82) is 0 Å². The van der Waals surface area contributed by atoms with Gasteiger partial charge in [-0.2, -0.15) is 0 Å². The van der Waals surface area contributed by atoms with E-state index in [0.29, 0.717) is 37.3 Å². The van der Waals surface area contributed by atoms with Crippen LogP contribution in [0.25, 0.3) is 0 Å². The van der Waals surface area contributed by atoms with E-state index in [9.17, 15) is 14.7 Å². The first kappa shape index (κ1) is 29.1. The van der Waals surface area contributed by atoms with Crippen LogP contribution in [0.15, 0.2) is 30.6 Å². The molecule has 2 saturated heterocycles. The molecule has 0 aromatic carbocycles. The molecule has 0 spiro atoms. The third-order valence-electron chi connectivity index (χ3n) is 9.78. The van der Waals surface area contributed by atoms with Gasteiger partial charge in [0.25, 0.3) is 5.91 Å². The molecule has 9 heteroatoms. The van der Waals surface area contributed by atoms with Crippen molar-refractivity contribution in [3.05, 3.63) is 53.0 Å². The lowest BCUT2D eigenvalue weighted by Gasteiger charge is -2.35. The molecule has 0 bridgehead atoms. The number of carboxylic acid groups (broad SMARTS) is 1. The van der Waals surface area contributed by atoms with E-state index in [1.807, 2.05) is 18.3 Å². The van der Waals surface area contributed by atoms with Gasteiger partial charge in [0.15, 0.2) is 0 Å². The zero-order valence-corrected chi connectivity index (χ0v) is 25.2. The van der Waals surface area contributed by atoms with Crippen molar-refractivity contribution in [3.63, 3.8) is 0 Å². The van der Waals surface area contributed by atoms with Crippen molar-refractivity contribution in [1.82, 2.24) is 20.2 Å². The number of carbonyl (C=O) groups is 2. The molecule has 0 radical (unpaired) electrons. The summed E-state index contributed by atoms with van der Waals surface area (Å²) in [6.07, 6.45) is 10.2. The molecule has 5 atom stereocenters. The molecule has 226 valence electrons. The van der Waals surface area contributed by atoms with Crippen molar-refractivity contribution in [2.24, 2.45) is 11.3 Å². The summed E-state index contributed by atoms with van der Waals surface area (Å²) >= 11 is 0. The maximum atomic E-state index is 14.3. The Bertz CT molecular complexity index is 1310. The van der Waals surface area contributed by atoms with Gasteiger partial charge in [-0.1, -0.05) is 33.3 Å². The molecular weight excluding hydrogens is 532 g/mol. The standard InChI is InChI=1S/C33H44N4O5/c1-33(2,3)25-27(35-18-22-16-21(19-8-5-9-19)17-36-30(22)41-4)28(23-10-6-14-34-26(23)20-12-13-20)37(29(25)32(39)40)31(38)24-11-7-15-42-24/h6,10,14,16-17,19-20,24-25,27-29,35H,5,7-9,11-13,15,18H2,1-4H3,(H,39,40)/t24-,25-,27-,28-,29-/m0/s1. The maximum absolute atomic E-state index is 14.3. The summed E-state index contributed by atoms with van der Waals surface area (Å²) in [4.78, 5) is 38.5. The quantitative estimate of drug-likeness (QED) is 0.430. The summed E-state index contributed by atoms with van der Waals surface area (Å²) in [5, 5.41) is 14.6. The Morgan fingerprint density at radius 1 is 1.12 bits per heavy atom. The number of ether oxygens (including phenoxy) is 2. The number of likely N-dealkylation sites (tertiary alicyclic amines) is 1. The topological polar surface area (TPSA) is 114 Å². The van der Waals surface area contributed by atoms with Crippen LogP contribution in [0.5, 0.6) is 5.88 Å². The van der Waals surface area contributed by atoms with Gasteiger partial charge in [-0.15, -0.1) is 0 Å². The first-order chi connectivity index (χ1) is 20.2. The zero-order valence-electron chi connectivity index (χ0n) is 25.2. The Kier molecular flexibility index (Phi) is 8.00. The highest BCUT2D eigenvalue weighted by Crippen LogP contribution is 2.51. The summed E-state index contributed by atoms with van der Waals surface area (Å²) in [6, 6.07) is 4.25. The van der Waals surface area contributed by atoms with Crippen LogP contribution in [-0.2, 0) is 20.9 Å². The number of pyridine rings is 2. The van der Waals surface area contributed by atoms with Crippen LogP contribution in [0.3, 0.4) is 0 Å². The zero-order chi connectivity index (χ0) is 29.6. The molecule has 6 rings (SSSR count). The molecule has 2 aliphatic heterocycles. The Morgan fingerprint density at radius 2 is 1.90 bits per heavy atom. The van der Waals surface area contributed by atoms with E-state index in [1.165, 1.54) is 24.8 Å². The third kappa shape index (κ3) is 5.41. The van der Waals surface area contributed by atoms with Gasteiger partial charge < -0.3 is 24.8 Å². The average Bonchev–Trinajstić information content (AvgIpc) is 3.50. The smallest absolute Gasteiger partial charge is 0.326 e. The number of rotatable bonds is 9. The molecule has 0 unspecified atom stereocenters. The number of amides is 1. The minimum Gasteiger partial charge on any atom is -0.481 e. The van der Waals surface area contributed by atoms with Crippen LogP contribution in [0.2, 0.25) is 0 Å². The van der Waals surface area contributed by atoms with Gasteiger partial charge >= 0.3 is 5.97 Å². The molecular formula is C33H44N4O5. The predicted molar refractivity (Wildman–Crippen MR) is 157 cm³/mol. The number of aliphatic carboxylic acids is 1. The van der Waals surface area contributed by atoms with E-state index in [-0.39, 0.29) is 17.9 Å². The van der Waals surface area contributed by atoms with Gasteiger partial charge in [0.1, 0.15) is 12.1 Å². The van der Waals surface area contributed by atoms with Crippen LogP contribution in [0, 0.1) is 11.3 Å². The molecule has 4 fully saturated rings. The highest BCUT2D eigenvalue weighted by Gasteiger charge is 2.59. The van der Waals surface area contributed by atoms with Crippen molar-refractivity contribution in [2.45, 2.75) is 108 Å². The van der Waals surface area contributed by atoms with Crippen LogP contribution >= 0.6 is 0 Å². The molecule has 2 aromatic heterocycles. The molecule has 2 aromatic rings. The van der Waals surface area contributed by atoms with E-state index in [1.54, 1.807) is 18.2 Å². The number of carboxylic acids is 1. The molecule has 4 heterocycles. The molecule has 2 N–H and O–H groups in total. The average molecular weight is 577 g/mol. The second-order valence-corrected chi connectivity index (χ2v) is 13.6. The Hall–Kier alpha value is -3.04. The number of methoxy groups -OCH3 is 1. The normalized spacial score (nSPS) is 28.1. The van der Waals surface area contributed by atoms with Crippen molar-refractivity contribution in [2.75, 3.05) is 13.7 Å². The van der Waals surface area contributed by atoms with E-state index in [4.69, 9.17) is 14.5 Å². The minimum atomic E-state index is -1.02. The number of nitrogens with one attached hydrogen (secondary N) is 1. The lowest BCUT2D eigenvalue weighted by molar-refractivity contribution is -0.156. The molecule has 9 nitrogen and oxygen atoms in total. The van der Waals surface area contributed by atoms with Crippen LogP contribution in [-0.4, -0.2) is 63.8 Å². The van der Waals surface area contributed by atoms with Gasteiger partial charge in [0.2, 0.25) is 5.88 Å². The van der Waals surface area contributed by atoms with Gasteiger partial charge in [0.05, 0.1) is 13.2 Å². The molecule has 2 aliphatic carbocycles. The second kappa shape index (κ2) is 11.6. The lowest BCUT2D eigenvalue weighted by Crippen LogP contribution is -2.50. The maximum Gasteiger partial charge on any atom is 0.326 e. The van der Waals surface area contributed by atoms with E-state index in [2.05, 4.69) is 37.1 Å². The number of hydrogen-bond donors (Lipinski definition) is 2. The van der Waals surface area contributed by atoms with Gasteiger partial charge in [-0.25, -0.2) is 9.78 Å². The van der Waals surface area contributed by atoms with Crippen molar-refractivity contribution in [3.8, 4) is 5.88 Å². The fraction of sp³-hybridized carbons (Fsp3) is 0.636. The van der Waals surface area contributed by atoms with Gasteiger partial charge in [0, 0.05) is 54.7 Å². The first-order valence-corrected chi connectivity index (χ1v) is 15.6. The fourth-order valence-electron chi connectivity index (χ4n) is 7.39. The van der Waals surface area contributed by atoms with Crippen LogP contribution < -0.4 is 10.1 Å². The number of nitrogens with zero attached hydrogens (tertiary/aromatic N) is 3. The largest absolute Gasteiger partial charge is 0.481 e. The molecule has 1 amide bonds. The summed E-state index contributed by atoms with van der Waals surface area (Å²) in [5.74, 6) is -0.182. The highest BCUT2D eigenvalue weighted by atomic mass is 16.5. The molecule has 2 saturated carbocycles. The predicted octanol–water partition coefficient (Wildman–Crippen LogP) is 4.97. The van der Waals surface area contributed by atoms with Gasteiger partial charge in [-0.3, -0.25) is 9.78 Å². The Morgan fingerprint density at radius 3 is 2.50 bits per heavy atom. The summed E-state index contributed by atoms with van der Waals surface area (Å²) in [5.41, 5.74) is 3.65. The van der Waals surface area contributed by atoms with E-state index >= 15 is 0 Å². The molecule has 4 aliphatic rings. The van der Waals surface area contributed by atoms with Crippen LogP contribution in [0.4, 0.5) is 0 Å². The van der Waals surface area contributed by atoms with E-state index in [0.717, 1.165) is 36.1 Å². The number of hydrogen-bond acceptors (Lipinski definition) is 7. The first-order valence-electron chi connectivity index (χ1n) is 15.6. The summed E-state index contributed by atoms with van der Waals surface area (Å²) < 4.78 is 11.5. The second-order valence-electron chi connectivity index (χ2n) is 13.6. The third-order valence-corrected chi connectivity index (χ3v) is 9.78. The van der Waals surface area contributed by atoms with Gasteiger partial charge in [-0.05, 0) is 73.1 Å². The monoisotopic (exact) mass is 576 g/mol. The van der Waals surface area contributed by atoms with Crippen molar-refractivity contribution >= 4 is 11.9 Å².